The molecular formula is C14H23ClFNOSi. The second-order valence-electron chi connectivity index (χ2n) is 6.28. The summed E-state index contributed by atoms with van der Waals surface area (Å²) < 4.78 is 19.5. The molecule has 0 saturated heterocycles. The predicted molar refractivity (Wildman–Crippen MR) is 81.5 cm³/mol. The maximum atomic E-state index is 13.2. The Morgan fingerprint density at radius 1 is 1.37 bits per heavy atom. The minimum Gasteiger partial charge on any atom is -0.409 e. The van der Waals surface area contributed by atoms with Gasteiger partial charge in [0.05, 0.1) is 11.1 Å². The zero-order chi connectivity index (χ0) is 14.8. The molecule has 5 heteroatoms. The van der Waals surface area contributed by atoms with Gasteiger partial charge in [0.15, 0.2) is 8.32 Å². The van der Waals surface area contributed by atoms with E-state index in [0.29, 0.717) is 6.54 Å². The van der Waals surface area contributed by atoms with Crippen molar-refractivity contribution in [2.24, 2.45) is 5.73 Å². The van der Waals surface area contributed by atoms with Crippen molar-refractivity contribution in [2.45, 2.75) is 45.0 Å². The highest BCUT2D eigenvalue weighted by Crippen LogP contribution is 2.39. The van der Waals surface area contributed by atoms with Crippen molar-refractivity contribution in [3.63, 3.8) is 0 Å². The molecule has 0 bridgehead atoms. The van der Waals surface area contributed by atoms with Crippen LogP contribution in [0.25, 0.3) is 0 Å². The molecule has 0 fully saturated rings. The highest BCUT2D eigenvalue weighted by molar-refractivity contribution is 6.74. The van der Waals surface area contributed by atoms with Crippen molar-refractivity contribution in [3.8, 4) is 0 Å². The zero-order valence-electron chi connectivity index (χ0n) is 12.3. The highest BCUT2D eigenvalue weighted by Gasteiger charge is 2.39. The molecule has 1 aromatic carbocycles. The normalized spacial score (nSPS) is 14.5. The van der Waals surface area contributed by atoms with Crippen LogP contribution in [0.15, 0.2) is 18.2 Å². The minimum atomic E-state index is -1.92. The minimum absolute atomic E-state index is 0.101. The van der Waals surface area contributed by atoms with E-state index in [0.717, 1.165) is 5.56 Å². The molecule has 2 N–H and O–H groups in total. The lowest BCUT2D eigenvalue weighted by atomic mass is 10.1. The van der Waals surface area contributed by atoms with Crippen molar-refractivity contribution in [3.05, 3.63) is 34.6 Å². The van der Waals surface area contributed by atoms with Crippen LogP contribution in [0.3, 0.4) is 0 Å². The summed E-state index contributed by atoms with van der Waals surface area (Å²) in [5, 5.41) is 0.208. The Balaban J connectivity index is 2.99. The number of nitrogens with two attached hydrogens (primary N) is 1. The van der Waals surface area contributed by atoms with Gasteiger partial charge in [-0.1, -0.05) is 38.4 Å². The molecule has 0 heterocycles. The average Bonchev–Trinajstić information content (AvgIpc) is 2.28. The van der Waals surface area contributed by atoms with Gasteiger partial charge in [-0.2, -0.15) is 0 Å². The predicted octanol–water partition coefficient (Wildman–Crippen LogP) is 4.50. The van der Waals surface area contributed by atoms with Gasteiger partial charge in [-0.05, 0) is 35.8 Å². The van der Waals surface area contributed by atoms with Gasteiger partial charge in [0.25, 0.3) is 0 Å². The third-order valence-electron chi connectivity index (χ3n) is 3.77. The average molecular weight is 304 g/mol. The van der Waals surface area contributed by atoms with Crippen LogP contribution >= 0.6 is 11.6 Å². The van der Waals surface area contributed by atoms with Gasteiger partial charge in [-0.3, -0.25) is 0 Å². The monoisotopic (exact) mass is 303 g/mol. The van der Waals surface area contributed by atoms with E-state index in [1.54, 1.807) is 12.1 Å². The number of rotatable bonds is 4. The Kier molecular flexibility index (Phi) is 5.18. The van der Waals surface area contributed by atoms with Crippen molar-refractivity contribution in [1.82, 2.24) is 0 Å². The van der Waals surface area contributed by atoms with Crippen molar-refractivity contribution in [2.75, 3.05) is 6.54 Å². The van der Waals surface area contributed by atoms with E-state index < -0.39 is 14.1 Å². The van der Waals surface area contributed by atoms with Gasteiger partial charge < -0.3 is 10.2 Å². The number of halogens is 2. The third kappa shape index (κ3) is 4.02. The van der Waals surface area contributed by atoms with Crippen LogP contribution in [0, 0.1) is 5.82 Å². The van der Waals surface area contributed by atoms with Crippen molar-refractivity contribution in [1.29, 1.82) is 0 Å². The van der Waals surface area contributed by atoms with Gasteiger partial charge in [-0.25, -0.2) is 4.39 Å². The fourth-order valence-corrected chi connectivity index (χ4v) is 2.98. The van der Waals surface area contributed by atoms with E-state index in [2.05, 4.69) is 33.9 Å². The molecule has 0 aliphatic heterocycles. The van der Waals surface area contributed by atoms with Crippen LogP contribution in [0.2, 0.25) is 23.2 Å². The zero-order valence-corrected chi connectivity index (χ0v) is 14.0. The van der Waals surface area contributed by atoms with Crippen LogP contribution < -0.4 is 5.73 Å². The summed E-state index contributed by atoms with van der Waals surface area (Å²) in [4.78, 5) is 0. The molecule has 0 saturated carbocycles. The first-order chi connectivity index (χ1) is 8.58. The largest absolute Gasteiger partial charge is 0.409 e. The first-order valence-corrected chi connectivity index (χ1v) is 9.70. The van der Waals surface area contributed by atoms with E-state index in [9.17, 15) is 4.39 Å². The van der Waals surface area contributed by atoms with Gasteiger partial charge in [0, 0.05) is 6.54 Å². The maximum absolute atomic E-state index is 13.2. The van der Waals surface area contributed by atoms with Gasteiger partial charge in [0.2, 0.25) is 0 Å². The summed E-state index contributed by atoms with van der Waals surface area (Å²) >= 11 is 5.82. The SMILES string of the molecule is CC(C)(C)[Si](C)(C)O[C@H](CN)c1ccc(F)c(Cl)c1. The fourth-order valence-electron chi connectivity index (χ4n) is 1.50. The van der Waals surface area contributed by atoms with E-state index in [1.807, 2.05) is 0 Å². The van der Waals surface area contributed by atoms with E-state index >= 15 is 0 Å². The Morgan fingerprint density at radius 2 is 1.95 bits per heavy atom. The molecule has 108 valence electrons. The van der Waals surface area contributed by atoms with E-state index in [1.165, 1.54) is 6.07 Å². The summed E-state index contributed by atoms with van der Waals surface area (Å²) in [6.07, 6.45) is -0.237. The Morgan fingerprint density at radius 3 is 2.37 bits per heavy atom. The van der Waals surface area contributed by atoms with Crippen molar-refractivity contribution >= 4 is 19.9 Å². The van der Waals surface area contributed by atoms with Crippen LogP contribution in [0.1, 0.15) is 32.4 Å². The lowest BCUT2D eigenvalue weighted by Gasteiger charge is -2.39. The van der Waals surface area contributed by atoms with Crippen LogP contribution in [-0.2, 0) is 4.43 Å². The fraction of sp³-hybridized carbons (Fsp3) is 0.571. The van der Waals surface area contributed by atoms with Crippen molar-refractivity contribution < 1.29 is 8.82 Å². The molecule has 0 aromatic heterocycles. The summed E-state index contributed by atoms with van der Waals surface area (Å²) in [6.45, 7) is 11.2. The lowest BCUT2D eigenvalue weighted by Crippen LogP contribution is -2.43. The van der Waals surface area contributed by atoms with Gasteiger partial charge in [0.1, 0.15) is 5.82 Å². The molecule has 0 amide bonds. The first kappa shape index (κ1) is 16.6. The summed E-state index contributed by atoms with van der Waals surface area (Å²) in [5.74, 6) is -0.423. The first-order valence-electron chi connectivity index (χ1n) is 6.41. The molecule has 0 aliphatic carbocycles. The van der Waals surface area contributed by atoms with Crippen LogP contribution in [0.4, 0.5) is 4.39 Å². The Bertz CT molecular complexity index is 446. The molecule has 1 aromatic rings. The molecule has 0 unspecified atom stereocenters. The van der Waals surface area contributed by atoms with Crippen LogP contribution in [-0.4, -0.2) is 14.9 Å². The molecule has 1 atom stereocenters. The Hall–Kier alpha value is -0.423. The Labute approximate surface area is 121 Å². The molecule has 0 aliphatic rings. The maximum Gasteiger partial charge on any atom is 0.192 e. The second-order valence-corrected chi connectivity index (χ2v) is 11.4. The van der Waals surface area contributed by atoms with Gasteiger partial charge in [-0.15, -0.1) is 0 Å². The van der Waals surface area contributed by atoms with Crippen LogP contribution in [0.5, 0.6) is 0 Å². The number of hydrogen-bond acceptors (Lipinski definition) is 2. The standard InChI is InChI=1S/C14H23ClFNOSi/c1-14(2,3)19(4,5)18-13(9-17)10-6-7-12(16)11(15)8-10/h6-8,13H,9,17H2,1-5H3/t13-/m1/s1. The highest BCUT2D eigenvalue weighted by atomic mass is 35.5. The second kappa shape index (κ2) is 5.91. The topological polar surface area (TPSA) is 35.2 Å². The number of hydrogen-bond donors (Lipinski definition) is 1. The molecule has 0 spiro atoms. The molecule has 2 nitrogen and oxygen atoms in total. The smallest absolute Gasteiger partial charge is 0.192 e. The lowest BCUT2D eigenvalue weighted by molar-refractivity contribution is 0.191. The quantitative estimate of drug-likeness (QED) is 0.831. The van der Waals surface area contributed by atoms with E-state index in [4.69, 9.17) is 21.8 Å². The third-order valence-corrected chi connectivity index (χ3v) is 8.55. The molecule has 0 radical (unpaired) electrons. The molecule has 19 heavy (non-hydrogen) atoms. The van der Waals surface area contributed by atoms with Gasteiger partial charge >= 0.3 is 0 Å². The molecule has 1 rings (SSSR count). The summed E-state index contributed by atoms with van der Waals surface area (Å²) in [6, 6.07) is 4.64. The van der Waals surface area contributed by atoms with E-state index in [-0.39, 0.29) is 16.2 Å². The molecular weight excluding hydrogens is 281 g/mol. The summed E-state index contributed by atoms with van der Waals surface area (Å²) in [7, 11) is -1.92. The summed E-state index contributed by atoms with van der Waals surface area (Å²) in [5.41, 5.74) is 6.64. The number of benzene rings is 1.